The number of benzene rings is 1. The molecule has 2 rings (SSSR count). The highest BCUT2D eigenvalue weighted by Crippen LogP contribution is 2.26. The highest BCUT2D eigenvalue weighted by molar-refractivity contribution is 5.72. The van der Waals surface area contributed by atoms with Crippen molar-refractivity contribution in [2.45, 2.75) is 32.7 Å². The molecule has 0 heterocycles. The average molecular weight is 246 g/mol. The van der Waals surface area contributed by atoms with Gasteiger partial charge < -0.3 is 10.2 Å². The Hall–Kier alpha value is -1.51. The van der Waals surface area contributed by atoms with E-state index in [1.807, 2.05) is 13.1 Å². The minimum absolute atomic E-state index is 0.0998. The number of hydrogen-bond donors (Lipinski definition) is 1. The van der Waals surface area contributed by atoms with Crippen molar-refractivity contribution in [1.29, 1.82) is 0 Å². The van der Waals surface area contributed by atoms with E-state index in [-0.39, 0.29) is 5.91 Å². The van der Waals surface area contributed by atoms with E-state index in [0.717, 1.165) is 18.2 Å². The largest absolute Gasteiger partial charge is 0.385 e. The lowest BCUT2D eigenvalue weighted by molar-refractivity contribution is -0.128. The van der Waals surface area contributed by atoms with E-state index in [1.165, 1.54) is 24.8 Å². The predicted octanol–water partition coefficient (Wildman–Crippen LogP) is 2.88. The van der Waals surface area contributed by atoms with E-state index in [1.54, 1.807) is 11.8 Å². The van der Waals surface area contributed by atoms with Gasteiger partial charge in [-0.1, -0.05) is 18.6 Å². The highest BCUT2D eigenvalue weighted by Gasteiger charge is 2.16. The number of carbonyl (C=O) groups is 1. The number of rotatable bonds is 5. The van der Waals surface area contributed by atoms with Gasteiger partial charge >= 0.3 is 0 Å². The summed E-state index contributed by atoms with van der Waals surface area (Å²) in [6.45, 7) is 3.35. The Labute approximate surface area is 109 Å². The second kappa shape index (κ2) is 5.89. The molecule has 1 aliphatic rings. The molecule has 1 amide bonds. The van der Waals surface area contributed by atoms with Gasteiger partial charge in [-0.25, -0.2) is 0 Å². The van der Waals surface area contributed by atoms with Crippen molar-refractivity contribution >= 4 is 11.6 Å². The molecule has 98 valence electrons. The molecule has 18 heavy (non-hydrogen) atoms. The Kier molecular flexibility index (Phi) is 4.24. The van der Waals surface area contributed by atoms with E-state index in [2.05, 4.69) is 23.5 Å². The Morgan fingerprint density at radius 1 is 1.44 bits per heavy atom. The van der Waals surface area contributed by atoms with Gasteiger partial charge in [-0.2, -0.15) is 0 Å². The molecule has 1 aromatic carbocycles. The van der Waals surface area contributed by atoms with Crippen LogP contribution < -0.4 is 5.32 Å². The molecule has 0 spiro atoms. The zero-order chi connectivity index (χ0) is 13.0. The fraction of sp³-hybridized carbons (Fsp3) is 0.533. The fourth-order valence-electron chi connectivity index (χ4n) is 2.12. The van der Waals surface area contributed by atoms with Crippen LogP contribution in [-0.4, -0.2) is 24.4 Å². The molecule has 0 bridgehead atoms. The SMILES string of the molecule is CC(=O)N(C)Cc1cccc(NCC2CCC2)c1. The van der Waals surface area contributed by atoms with Gasteiger partial charge in [0.2, 0.25) is 5.91 Å². The maximum absolute atomic E-state index is 11.2. The standard InChI is InChI=1S/C15H22N2O/c1-12(18)17(2)11-14-7-4-8-15(9-14)16-10-13-5-3-6-13/h4,7-9,13,16H,3,5-6,10-11H2,1-2H3. The molecule has 0 radical (unpaired) electrons. The maximum Gasteiger partial charge on any atom is 0.219 e. The monoisotopic (exact) mass is 246 g/mol. The van der Waals surface area contributed by atoms with Crippen LogP contribution in [0.1, 0.15) is 31.7 Å². The van der Waals surface area contributed by atoms with Crippen molar-refractivity contribution in [3.05, 3.63) is 29.8 Å². The molecule has 1 saturated carbocycles. The van der Waals surface area contributed by atoms with Crippen LogP contribution >= 0.6 is 0 Å². The second-order valence-corrected chi connectivity index (χ2v) is 5.25. The smallest absolute Gasteiger partial charge is 0.219 e. The third-order valence-corrected chi connectivity index (χ3v) is 3.70. The van der Waals surface area contributed by atoms with Crippen molar-refractivity contribution in [3.8, 4) is 0 Å². The fourth-order valence-corrected chi connectivity index (χ4v) is 2.12. The van der Waals surface area contributed by atoms with Crippen LogP contribution in [0.5, 0.6) is 0 Å². The highest BCUT2D eigenvalue weighted by atomic mass is 16.2. The Bertz CT molecular complexity index is 413. The molecule has 1 fully saturated rings. The molecular formula is C15H22N2O. The number of hydrogen-bond acceptors (Lipinski definition) is 2. The lowest BCUT2D eigenvalue weighted by Gasteiger charge is -2.26. The van der Waals surface area contributed by atoms with Crippen LogP contribution in [0.3, 0.4) is 0 Å². The van der Waals surface area contributed by atoms with Crippen molar-refractivity contribution in [2.75, 3.05) is 18.9 Å². The minimum Gasteiger partial charge on any atom is -0.385 e. The van der Waals surface area contributed by atoms with Gasteiger partial charge in [0.25, 0.3) is 0 Å². The van der Waals surface area contributed by atoms with E-state index in [4.69, 9.17) is 0 Å². The summed E-state index contributed by atoms with van der Waals surface area (Å²) in [5, 5.41) is 3.49. The number of amides is 1. The zero-order valence-corrected chi connectivity index (χ0v) is 11.3. The van der Waals surface area contributed by atoms with Crippen molar-refractivity contribution in [3.63, 3.8) is 0 Å². The molecule has 3 nitrogen and oxygen atoms in total. The van der Waals surface area contributed by atoms with Gasteiger partial charge in [0.15, 0.2) is 0 Å². The van der Waals surface area contributed by atoms with Gasteiger partial charge in [-0.15, -0.1) is 0 Å². The Morgan fingerprint density at radius 3 is 2.83 bits per heavy atom. The van der Waals surface area contributed by atoms with E-state index >= 15 is 0 Å². The quantitative estimate of drug-likeness (QED) is 0.866. The summed E-state index contributed by atoms with van der Waals surface area (Å²) >= 11 is 0. The van der Waals surface area contributed by atoms with Crippen LogP contribution in [-0.2, 0) is 11.3 Å². The summed E-state index contributed by atoms with van der Waals surface area (Å²) in [6, 6.07) is 8.34. The van der Waals surface area contributed by atoms with Crippen LogP contribution in [0.2, 0.25) is 0 Å². The molecule has 1 aliphatic carbocycles. The number of anilines is 1. The first-order valence-electron chi connectivity index (χ1n) is 6.69. The Balaban J connectivity index is 1.89. The molecule has 0 aliphatic heterocycles. The lowest BCUT2D eigenvalue weighted by Crippen LogP contribution is -2.23. The van der Waals surface area contributed by atoms with Gasteiger partial charge in [0.1, 0.15) is 0 Å². The first-order chi connectivity index (χ1) is 8.65. The van der Waals surface area contributed by atoms with Gasteiger partial charge in [0, 0.05) is 32.7 Å². The topological polar surface area (TPSA) is 32.3 Å². The predicted molar refractivity (Wildman–Crippen MR) is 74.4 cm³/mol. The maximum atomic E-state index is 11.2. The number of carbonyl (C=O) groups excluding carboxylic acids is 1. The van der Waals surface area contributed by atoms with Gasteiger partial charge in [-0.05, 0) is 36.5 Å². The normalized spacial score (nSPS) is 15.0. The Morgan fingerprint density at radius 2 is 2.22 bits per heavy atom. The molecule has 1 N–H and O–H groups in total. The van der Waals surface area contributed by atoms with Crippen molar-refractivity contribution in [1.82, 2.24) is 4.90 Å². The molecule has 0 aromatic heterocycles. The minimum atomic E-state index is 0.0998. The van der Waals surface area contributed by atoms with Crippen LogP contribution in [0.15, 0.2) is 24.3 Å². The molecule has 1 aromatic rings. The third-order valence-electron chi connectivity index (χ3n) is 3.70. The average Bonchev–Trinajstić information content (AvgIpc) is 2.27. The molecule has 0 atom stereocenters. The first kappa shape index (κ1) is 12.9. The molecule has 0 saturated heterocycles. The lowest BCUT2D eigenvalue weighted by atomic mass is 9.85. The van der Waals surface area contributed by atoms with E-state index in [9.17, 15) is 4.79 Å². The third kappa shape index (κ3) is 3.49. The molecular weight excluding hydrogens is 224 g/mol. The summed E-state index contributed by atoms with van der Waals surface area (Å²) in [6.07, 6.45) is 4.11. The summed E-state index contributed by atoms with van der Waals surface area (Å²) in [5.41, 5.74) is 2.34. The summed E-state index contributed by atoms with van der Waals surface area (Å²) in [4.78, 5) is 12.9. The summed E-state index contributed by atoms with van der Waals surface area (Å²) in [7, 11) is 1.83. The first-order valence-corrected chi connectivity index (χ1v) is 6.69. The summed E-state index contributed by atoms with van der Waals surface area (Å²) in [5.74, 6) is 0.955. The van der Waals surface area contributed by atoms with E-state index in [0.29, 0.717) is 6.54 Å². The van der Waals surface area contributed by atoms with Crippen molar-refractivity contribution in [2.24, 2.45) is 5.92 Å². The van der Waals surface area contributed by atoms with Gasteiger partial charge in [0.05, 0.1) is 0 Å². The van der Waals surface area contributed by atoms with Gasteiger partial charge in [-0.3, -0.25) is 4.79 Å². The van der Waals surface area contributed by atoms with E-state index < -0.39 is 0 Å². The number of nitrogens with zero attached hydrogens (tertiary/aromatic N) is 1. The number of nitrogens with one attached hydrogen (secondary N) is 1. The van der Waals surface area contributed by atoms with Crippen LogP contribution in [0, 0.1) is 5.92 Å². The molecule has 0 unspecified atom stereocenters. The summed E-state index contributed by atoms with van der Waals surface area (Å²) < 4.78 is 0. The van der Waals surface area contributed by atoms with Crippen LogP contribution in [0.4, 0.5) is 5.69 Å². The van der Waals surface area contributed by atoms with Crippen molar-refractivity contribution < 1.29 is 4.79 Å². The zero-order valence-electron chi connectivity index (χ0n) is 11.3. The molecule has 3 heteroatoms. The van der Waals surface area contributed by atoms with Crippen LogP contribution in [0.25, 0.3) is 0 Å². The second-order valence-electron chi connectivity index (χ2n) is 5.25.